The minimum atomic E-state index is -0.796. The highest BCUT2D eigenvalue weighted by molar-refractivity contribution is 6.29. The zero-order chi connectivity index (χ0) is 13.7. The van der Waals surface area contributed by atoms with E-state index in [4.69, 9.17) is 16.3 Å². The van der Waals surface area contributed by atoms with E-state index in [1.165, 1.54) is 0 Å². The van der Waals surface area contributed by atoms with Crippen LogP contribution in [0.5, 0.6) is 0 Å². The number of benzene rings is 1. The van der Waals surface area contributed by atoms with Crippen LogP contribution in [0, 0.1) is 0 Å². The van der Waals surface area contributed by atoms with Crippen molar-refractivity contribution in [3.05, 3.63) is 35.9 Å². The first-order valence-corrected chi connectivity index (χ1v) is 6.78. The first kappa shape index (κ1) is 13.9. The van der Waals surface area contributed by atoms with Gasteiger partial charge in [0.15, 0.2) is 5.78 Å². The molecule has 0 atom stereocenters. The van der Waals surface area contributed by atoms with Gasteiger partial charge in [0.1, 0.15) is 12.1 Å². The predicted octanol–water partition coefficient (Wildman–Crippen LogP) is 2.64. The summed E-state index contributed by atoms with van der Waals surface area (Å²) in [6.45, 7) is 0.192. The highest BCUT2D eigenvalue weighted by atomic mass is 35.5. The van der Waals surface area contributed by atoms with Gasteiger partial charge in [0.05, 0.1) is 5.88 Å². The van der Waals surface area contributed by atoms with Gasteiger partial charge in [0.25, 0.3) is 0 Å². The summed E-state index contributed by atoms with van der Waals surface area (Å²) in [7, 11) is 0. The quantitative estimate of drug-likeness (QED) is 0.844. The number of nitrogens with one attached hydrogen (secondary N) is 1. The Labute approximate surface area is 117 Å². The Hall–Kier alpha value is -1.55. The van der Waals surface area contributed by atoms with Gasteiger partial charge in [-0.05, 0) is 24.8 Å². The monoisotopic (exact) mass is 281 g/mol. The van der Waals surface area contributed by atoms with Gasteiger partial charge in [-0.3, -0.25) is 4.79 Å². The van der Waals surface area contributed by atoms with Crippen LogP contribution in [0.4, 0.5) is 4.79 Å². The lowest BCUT2D eigenvalue weighted by molar-refractivity contribution is -0.126. The van der Waals surface area contributed by atoms with Crippen molar-refractivity contribution in [1.29, 1.82) is 0 Å². The van der Waals surface area contributed by atoms with Crippen molar-refractivity contribution in [2.75, 3.05) is 5.88 Å². The minimum absolute atomic E-state index is 0.0844. The predicted molar refractivity (Wildman–Crippen MR) is 72.1 cm³/mol. The molecule has 0 aliphatic heterocycles. The molecule has 19 heavy (non-hydrogen) atoms. The number of ether oxygens (including phenoxy) is 1. The summed E-state index contributed by atoms with van der Waals surface area (Å²) in [5, 5.41) is 2.66. The molecule has 1 aromatic rings. The summed E-state index contributed by atoms with van der Waals surface area (Å²) in [6, 6.07) is 9.39. The number of Topliss-reactive ketones (excluding diaryl/α,β-unsaturated/α-hetero) is 1. The number of amides is 1. The molecule has 1 aromatic carbocycles. The Morgan fingerprint density at radius 1 is 1.26 bits per heavy atom. The van der Waals surface area contributed by atoms with Gasteiger partial charge < -0.3 is 10.1 Å². The topological polar surface area (TPSA) is 55.4 Å². The van der Waals surface area contributed by atoms with Gasteiger partial charge in [-0.1, -0.05) is 30.3 Å². The van der Waals surface area contributed by atoms with E-state index in [9.17, 15) is 9.59 Å². The number of alkyl halides is 1. The lowest BCUT2D eigenvalue weighted by atomic mass is 9.74. The fraction of sp³-hybridized carbons (Fsp3) is 0.429. The molecule has 1 N–H and O–H groups in total. The Morgan fingerprint density at radius 3 is 2.47 bits per heavy atom. The molecule has 0 unspecified atom stereocenters. The van der Waals surface area contributed by atoms with Crippen molar-refractivity contribution in [2.45, 2.75) is 31.4 Å². The molecular weight excluding hydrogens is 266 g/mol. The van der Waals surface area contributed by atoms with Crippen molar-refractivity contribution >= 4 is 23.5 Å². The molecule has 0 aromatic heterocycles. The Morgan fingerprint density at radius 2 is 1.95 bits per heavy atom. The van der Waals surface area contributed by atoms with Crippen molar-refractivity contribution in [3.8, 4) is 0 Å². The first-order valence-electron chi connectivity index (χ1n) is 6.24. The Balaban J connectivity index is 1.85. The number of rotatable bonds is 5. The lowest BCUT2D eigenvalue weighted by Crippen LogP contribution is -2.59. The highest BCUT2D eigenvalue weighted by Crippen LogP contribution is 2.33. The van der Waals surface area contributed by atoms with Crippen LogP contribution in [-0.4, -0.2) is 23.3 Å². The maximum Gasteiger partial charge on any atom is 0.408 e. The zero-order valence-electron chi connectivity index (χ0n) is 10.5. The lowest BCUT2D eigenvalue weighted by Gasteiger charge is -2.40. The molecule has 0 radical (unpaired) electrons. The standard InChI is InChI=1S/C14H16ClNO3/c15-9-12(17)14(7-4-8-14)16-13(18)19-10-11-5-2-1-3-6-11/h1-3,5-6H,4,7-10H2,(H,16,18). The number of alkyl carbamates (subject to hydrolysis) is 1. The van der Waals surface area contributed by atoms with Gasteiger partial charge in [-0.15, -0.1) is 11.6 Å². The van der Waals surface area contributed by atoms with Crippen LogP contribution in [0.15, 0.2) is 30.3 Å². The summed E-state index contributed by atoms with van der Waals surface area (Å²) in [5.41, 5.74) is 0.110. The van der Waals surface area contributed by atoms with Crippen molar-refractivity contribution in [2.24, 2.45) is 0 Å². The minimum Gasteiger partial charge on any atom is -0.445 e. The normalized spacial score (nSPS) is 16.3. The van der Waals surface area contributed by atoms with Crippen LogP contribution in [-0.2, 0) is 16.1 Å². The van der Waals surface area contributed by atoms with E-state index >= 15 is 0 Å². The average molecular weight is 282 g/mol. The third-order valence-corrected chi connectivity index (χ3v) is 3.66. The van der Waals surface area contributed by atoms with Crippen molar-refractivity contribution < 1.29 is 14.3 Å². The van der Waals surface area contributed by atoms with E-state index in [1.807, 2.05) is 30.3 Å². The zero-order valence-corrected chi connectivity index (χ0v) is 11.3. The number of carbonyl (C=O) groups excluding carboxylic acids is 2. The van der Waals surface area contributed by atoms with E-state index in [0.29, 0.717) is 12.8 Å². The van der Waals surface area contributed by atoms with E-state index in [0.717, 1.165) is 12.0 Å². The fourth-order valence-corrected chi connectivity index (χ4v) is 2.34. The SMILES string of the molecule is O=C(NC1(C(=O)CCl)CCC1)OCc1ccccc1. The second kappa shape index (κ2) is 6.06. The van der Waals surface area contributed by atoms with Crippen LogP contribution < -0.4 is 5.32 Å². The molecular formula is C14H16ClNO3. The van der Waals surface area contributed by atoms with Gasteiger partial charge in [0, 0.05) is 0 Å². The summed E-state index contributed by atoms with van der Waals surface area (Å²) in [6.07, 6.45) is 1.63. The maximum absolute atomic E-state index is 11.7. The molecule has 5 heteroatoms. The molecule has 4 nitrogen and oxygen atoms in total. The number of carbonyl (C=O) groups is 2. The second-order valence-corrected chi connectivity index (χ2v) is 4.95. The molecule has 102 valence electrons. The van der Waals surface area contributed by atoms with E-state index in [1.54, 1.807) is 0 Å². The van der Waals surface area contributed by atoms with Gasteiger partial charge in [-0.25, -0.2) is 4.79 Å². The number of ketones is 1. The first-order chi connectivity index (χ1) is 9.16. The van der Waals surface area contributed by atoms with Gasteiger partial charge >= 0.3 is 6.09 Å². The van der Waals surface area contributed by atoms with Crippen LogP contribution in [0.2, 0.25) is 0 Å². The van der Waals surface area contributed by atoms with Crippen LogP contribution in [0.3, 0.4) is 0 Å². The maximum atomic E-state index is 11.7. The molecule has 1 fully saturated rings. The van der Waals surface area contributed by atoms with Crippen LogP contribution in [0.1, 0.15) is 24.8 Å². The molecule has 2 rings (SSSR count). The van der Waals surface area contributed by atoms with Gasteiger partial charge in [0.2, 0.25) is 0 Å². The molecule has 0 spiro atoms. The summed E-state index contributed by atoms with van der Waals surface area (Å²) in [4.78, 5) is 23.4. The molecule has 1 saturated carbocycles. The van der Waals surface area contributed by atoms with Crippen LogP contribution >= 0.6 is 11.6 Å². The Kier molecular flexibility index (Phi) is 4.43. The molecule has 1 amide bonds. The van der Waals surface area contributed by atoms with E-state index < -0.39 is 11.6 Å². The molecule has 0 bridgehead atoms. The van der Waals surface area contributed by atoms with E-state index in [-0.39, 0.29) is 18.3 Å². The number of hydrogen-bond donors (Lipinski definition) is 1. The smallest absolute Gasteiger partial charge is 0.408 e. The average Bonchev–Trinajstić information content (AvgIpc) is 2.41. The number of halogens is 1. The van der Waals surface area contributed by atoms with Gasteiger partial charge in [-0.2, -0.15) is 0 Å². The summed E-state index contributed by atoms with van der Waals surface area (Å²) in [5.74, 6) is -0.226. The molecule has 0 heterocycles. The summed E-state index contributed by atoms with van der Waals surface area (Å²) >= 11 is 5.56. The Bertz CT molecular complexity index is 457. The summed E-state index contributed by atoms with van der Waals surface area (Å²) < 4.78 is 5.11. The van der Waals surface area contributed by atoms with Crippen molar-refractivity contribution in [3.63, 3.8) is 0 Å². The van der Waals surface area contributed by atoms with Crippen molar-refractivity contribution in [1.82, 2.24) is 5.32 Å². The highest BCUT2D eigenvalue weighted by Gasteiger charge is 2.44. The second-order valence-electron chi connectivity index (χ2n) is 4.68. The fourth-order valence-electron chi connectivity index (χ4n) is 2.09. The molecule has 1 aliphatic rings. The number of hydrogen-bond acceptors (Lipinski definition) is 3. The van der Waals surface area contributed by atoms with E-state index in [2.05, 4.69) is 5.32 Å². The third kappa shape index (κ3) is 3.26. The third-order valence-electron chi connectivity index (χ3n) is 3.42. The molecule has 1 aliphatic carbocycles. The van der Waals surface area contributed by atoms with Crippen LogP contribution in [0.25, 0.3) is 0 Å². The largest absolute Gasteiger partial charge is 0.445 e. The molecule has 0 saturated heterocycles.